The van der Waals surface area contributed by atoms with E-state index in [4.69, 9.17) is 0 Å². The molecule has 0 spiro atoms. The lowest BCUT2D eigenvalue weighted by Crippen LogP contribution is -2.33. The van der Waals surface area contributed by atoms with Gasteiger partial charge in [0.2, 0.25) is 10.0 Å². The third kappa shape index (κ3) is 2.61. The average molecular weight is 333 g/mol. The summed E-state index contributed by atoms with van der Waals surface area (Å²) in [6.07, 6.45) is 0.860. The van der Waals surface area contributed by atoms with Crippen molar-refractivity contribution in [1.29, 1.82) is 0 Å². The van der Waals surface area contributed by atoms with E-state index in [9.17, 15) is 8.42 Å². The Bertz CT molecular complexity index is 545. The van der Waals surface area contributed by atoms with Gasteiger partial charge in [-0.3, -0.25) is 0 Å². The minimum Gasteiger partial charge on any atom is -0.316 e. The Balaban J connectivity index is 2.31. The minimum absolute atomic E-state index is 0.254. The molecule has 18 heavy (non-hydrogen) atoms. The van der Waals surface area contributed by atoms with Crippen molar-refractivity contribution >= 4 is 26.0 Å². The molecule has 1 aliphatic rings. The Morgan fingerprint density at radius 2 is 2.17 bits per heavy atom. The molecular weight excluding hydrogens is 316 g/mol. The minimum atomic E-state index is -3.38. The van der Waals surface area contributed by atoms with Gasteiger partial charge in [-0.1, -0.05) is 6.07 Å². The molecule has 0 saturated carbocycles. The molecule has 1 saturated heterocycles. The maximum Gasteiger partial charge on any atom is 0.244 e. The number of nitrogens with zero attached hydrogens (tertiary/aromatic N) is 1. The maximum absolute atomic E-state index is 12.5. The number of rotatable bonds is 3. The number of benzene rings is 1. The molecule has 1 N–H and O–H groups in total. The van der Waals surface area contributed by atoms with Crippen molar-refractivity contribution in [3.05, 3.63) is 28.2 Å². The van der Waals surface area contributed by atoms with E-state index >= 15 is 0 Å². The number of hydrogen-bond acceptors (Lipinski definition) is 3. The monoisotopic (exact) mass is 332 g/mol. The second-order valence-corrected chi connectivity index (χ2v) is 7.33. The van der Waals surface area contributed by atoms with Crippen LogP contribution in [-0.4, -0.2) is 38.9 Å². The van der Waals surface area contributed by atoms with Crippen molar-refractivity contribution in [2.24, 2.45) is 0 Å². The van der Waals surface area contributed by atoms with Crippen molar-refractivity contribution in [2.75, 3.05) is 20.1 Å². The Hall–Kier alpha value is -0.430. The highest BCUT2D eigenvalue weighted by Gasteiger charge is 2.32. The smallest absolute Gasteiger partial charge is 0.244 e. The summed E-state index contributed by atoms with van der Waals surface area (Å²) in [6.45, 7) is 3.06. The second kappa shape index (κ2) is 5.28. The van der Waals surface area contributed by atoms with Crippen LogP contribution in [0.3, 0.4) is 0 Å². The van der Waals surface area contributed by atoms with E-state index in [1.54, 1.807) is 10.4 Å². The normalized spacial score (nSPS) is 21.4. The highest BCUT2D eigenvalue weighted by molar-refractivity contribution is 9.10. The number of nitrogens with one attached hydrogen (secondary N) is 1. The molecule has 4 nitrogen and oxygen atoms in total. The summed E-state index contributed by atoms with van der Waals surface area (Å²) in [5, 5.41) is 3.12. The number of sulfonamides is 1. The molecule has 0 radical (unpaired) electrons. The third-order valence-corrected chi connectivity index (χ3v) is 6.11. The van der Waals surface area contributed by atoms with Crippen LogP contribution in [0.15, 0.2) is 27.6 Å². The summed E-state index contributed by atoms with van der Waals surface area (Å²) >= 11 is 3.34. The highest BCUT2D eigenvalue weighted by Crippen LogP contribution is 2.28. The second-order valence-electron chi connectivity index (χ2n) is 4.57. The molecule has 2 rings (SSSR count). The van der Waals surface area contributed by atoms with Crippen LogP contribution < -0.4 is 5.32 Å². The topological polar surface area (TPSA) is 49.4 Å². The molecule has 1 aliphatic heterocycles. The molecule has 0 aliphatic carbocycles. The predicted octanol–water partition coefficient (Wildman–Crippen LogP) is 1.74. The molecule has 1 fully saturated rings. The van der Waals surface area contributed by atoms with Gasteiger partial charge >= 0.3 is 0 Å². The van der Waals surface area contributed by atoms with Gasteiger partial charge in [0.25, 0.3) is 0 Å². The number of aryl methyl sites for hydroxylation is 1. The molecule has 0 aromatic heterocycles. The van der Waals surface area contributed by atoms with E-state index in [-0.39, 0.29) is 6.04 Å². The summed E-state index contributed by atoms with van der Waals surface area (Å²) in [5.41, 5.74) is 1.04. The van der Waals surface area contributed by atoms with Crippen molar-refractivity contribution < 1.29 is 8.42 Å². The Morgan fingerprint density at radius 3 is 2.72 bits per heavy atom. The van der Waals surface area contributed by atoms with Crippen LogP contribution in [0.4, 0.5) is 0 Å². The lowest BCUT2D eigenvalue weighted by molar-refractivity contribution is 0.464. The molecule has 1 unspecified atom stereocenters. The number of hydrogen-bond donors (Lipinski definition) is 1. The highest BCUT2D eigenvalue weighted by atomic mass is 79.9. The van der Waals surface area contributed by atoms with E-state index in [1.165, 1.54) is 0 Å². The van der Waals surface area contributed by atoms with Gasteiger partial charge < -0.3 is 5.32 Å². The number of likely N-dealkylation sites (N-methyl/N-ethyl adjacent to an activating group) is 1. The lowest BCUT2D eigenvalue weighted by atomic mass is 10.2. The molecule has 1 heterocycles. The van der Waals surface area contributed by atoms with Crippen LogP contribution in [0.1, 0.15) is 12.0 Å². The van der Waals surface area contributed by atoms with Gasteiger partial charge in [0, 0.05) is 23.6 Å². The van der Waals surface area contributed by atoms with Gasteiger partial charge in [0.15, 0.2) is 0 Å². The molecule has 1 aromatic carbocycles. The molecule has 6 heteroatoms. The van der Waals surface area contributed by atoms with Crippen molar-refractivity contribution in [3.8, 4) is 0 Å². The number of halogens is 1. The van der Waals surface area contributed by atoms with Crippen molar-refractivity contribution in [3.63, 3.8) is 0 Å². The van der Waals surface area contributed by atoms with Crippen LogP contribution in [0, 0.1) is 6.92 Å². The van der Waals surface area contributed by atoms with E-state index in [0.717, 1.165) is 12.0 Å². The van der Waals surface area contributed by atoms with Gasteiger partial charge in [-0.05, 0) is 54.0 Å². The zero-order valence-corrected chi connectivity index (χ0v) is 12.9. The fraction of sp³-hybridized carbons (Fsp3) is 0.500. The van der Waals surface area contributed by atoms with Crippen LogP contribution in [0.2, 0.25) is 0 Å². The van der Waals surface area contributed by atoms with Crippen molar-refractivity contribution in [2.45, 2.75) is 24.3 Å². The maximum atomic E-state index is 12.5. The van der Waals surface area contributed by atoms with Gasteiger partial charge in [0.05, 0.1) is 4.90 Å². The third-order valence-electron chi connectivity index (χ3n) is 3.26. The standard InChI is InChI=1S/C12H17BrN2O2S/c1-9-3-4-12(11(13)7-9)18(16,17)15-6-5-10(8-15)14-2/h3-4,7,10,14H,5-6,8H2,1-2H3. The fourth-order valence-electron chi connectivity index (χ4n) is 2.14. The molecule has 0 bridgehead atoms. The molecule has 1 atom stereocenters. The van der Waals surface area contributed by atoms with Crippen LogP contribution >= 0.6 is 15.9 Å². The first-order valence-electron chi connectivity index (χ1n) is 5.88. The van der Waals surface area contributed by atoms with E-state index < -0.39 is 10.0 Å². The largest absolute Gasteiger partial charge is 0.316 e. The fourth-order valence-corrected chi connectivity index (χ4v) is 4.79. The van der Waals surface area contributed by atoms with Crippen LogP contribution in [-0.2, 0) is 10.0 Å². The summed E-state index contributed by atoms with van der Waals surface area (Å²) in [4.78, 5) is 0.352. The van der Waals surface area contributed by atoms with Gasteiger partial charge in [-0.25, -0.2) is 8.42 Å². The van der Waals surface area contributed by atoms with Gasteiger partial charge in [0.1, 0.15) is 0 Å². The SMILES string of the molecule is CNC1CCN(S(=O)(=O)c2ccc(C)cc2Br)C1. The Kier molecular flexibility index (Phi) is 4.11. The predicted molar refractivity (Wildman–Crippen MR) is 75.1 cm³/mol. The first-order valence-corrected chi connectivity index (χ1v) is 8.12. The average Bonchev–Trinajstić information content (AvgIpc) is 2.77. The van der Waals surface area contributed by atoms with E-state index in [2.05, 4.69) is 21.2 Å². The van der Waals surface area contributed by atoms with Crippen molar-refractivity contribution in [1.82, 2.24) is 9.62 Å². The van der Waals surface area contributed by atoms with Gasteiger partial charge in [-0.2, -0.15) is 4.31 Å². The summed E-state index contributed by atoms with van der Waals surface area (Å²) in [7, 11) is -1.52. The Labute approximate surface area is 117 Å². The van der Waals surface area contributed by atoms with Gasteiger partial charge in [-0.15, -0.1) is 0 Å². The summed E-state index contributed by atoms with van der Waals surface area (Å²) in [6, 6.07) is 5.58. The molecular formula is C12H17BrN2O2S. The Morgan fingerprint density at radius 1 is 1.44 bits per heavy atom. The van der Waals surface area contributed by atoms with E-state index in [0.29, 0.717) is 22.5 Å². The summed E-state index contributed by atoms with van der Waals surface area (Å²) < 4.78 is 27.2. The zero-order chi connectivity index (χ0) is 13.3. The quantitative estimate of drug-likeness (QED) is 0.917. The molecule has 0 amide bonds. The van der Waals surface area contributed by atoms with Crippen LogP contribution in [0.25, 0.3) is 0 Å². The lowest BCUT2D eigenvalue weighted by Gasteiger charge is -2.17. The zero-order valence-electron chi connectivity index (χ0n) is 10.5. The first kappa shape index (κ1) is 14.0. The summed E-state index contributed by atoms with van der Waals surface area (Å²) in [5.74, 6) is 0. The van der Waals surface area contributed by atoms with Crippen LogP contribution in [0.5, 0.6) is 0 Å². The first-order chi connectivity index (χ1) is 8.45. The molecule has 100 valence electrons. The molecule has 1 aromatic rings. The van der Waals surface area contributed by atoms with E-state index in [1.807, 2.05) is 26.1 Å².